The molecule has 8 nitrogen and oxygen atoms in total. The monoisotopic (exact) mass is 397 g/mol. The number of imide groups is 1. The number of carbonyl (C=O) groups is 2. The molecular formula is C18H27N3O5S. The summed E-state index contributed by atoms with van der Waals surface area (Å²) >= 11 is 0. The van der Waals surface area contributed by atoms with E-state index < -0.39 is 16.5 Å². The van der Waals surface area contributed by atoms with Crippen molar-refractivity contribution in [3.05, 3.63) is 35.9 Å². The fourth-order valence-corrected chi connectivity index (χ4v) is 3.44. The molecule has 1 saturated carbocycles. The van der Waals surface area contributed by atoms with Gasteiger partial charge < -0.3 is 10.1 Å². The number of nitrogens with zero attached hydrogens (tertiary/aromatic N) is 1. The maximum absolute atomic E-state index is 10.8. The molecular weight excluding hydrogens is 370 g/mol. The fourth-order valence-electron chi connectivity index (χ4n) is 2.95. The molecule has 27 heavy (non-hydrogen) atoms. The van der Waals surface area contributed by atoms with Crippen LogP contribution >= 0.6 is 0 Å². The molecule has 1 aromatic carbocycles. The second-order valence-electron chi connectivity index (χ2n) is 6.23. The highest BCUT2D eigenvalue weighted by Gasteiger charge is 2.51. The SMILES string of the molecule is CNC(=O)NC=O.COC(C)CCCC1C(N=S(=O)=O)C1c1ccccc1. The quantitative estimate of drug-likeness (QED) is 0.652. The van der Waals surface area contributed by atoms with Gasteiger partial charge in [0, 0.05) is 20.1 Å². The Bertz CT molecular complexity index is 716. The summed E-state index contributed by atoms with van der Waals surface area (Å²) in [5.74, 6) is 0.603. The minimum absolute atomic E-state index is 0.0754. The highest BCUT2D eigenvalue weighted by Crippen LogP contribution is 2.52. The average molecular weight is 397 g/mol. The molecule has 1 fully saturated rings. The third kappa shape index (κ3) is 8.31. The maximum Gasteiger partial charge on any atom is 0.320 e. The third-order valence-electron chi connectivity index (χ3n) is 4.49. The van der Waals surface area contributed by atoms with Crippen LogP contribution in [0.15, 0.2) is 34.7 Å². The molecule has 0 radical (unpaired) electrons. The molecule has 1 aliphatic rings. The van der Waals surface area contributed by atoms with Crippen molar-refractivity contribution in [1.29, 1.82) is 0 Å². The standard InChI is InChI=1S/C15H21NO3S.C3H6N2O2/c1-11(19-2)7-6-10-13-14(15(13)16-20(17)18)12-8-4-3-5-9-12;1-4-3(7)5-2-6/h3-5,8-9,11,13-15H,6-7,10H2,1-2H3;2H,1H3,(H2,4,5,6,7). The molecule has 2 rings (SSSR count). The number of methoxy groups -OCH3 is 1. The van der Waals surface area contributed by atoms with Crippen molar-refractivity contribution in [2.24, 2.45) is 10.3 Å². The van der Waals surface area contributed by atoms with Crippen molar-refractivity contribution in [3.8, 4) is 0 Å². The Hall–Kier alpha value is -2.26. The van der Waals surface area contributed by atoms with E-state index in [4.69, 9.17) is 4.74 Å². The Labute approximate surface area is 161 Å². The van der Waals surface area contributed by atoms with E-state index >= 15 is 0 Å². The summed E-state index contributed by atoms with van der Waals surface area (Å²) in [7, 11) is 0.831. The number of ether oxygens (including phenoxy) is 1. The highest BCUT2D eigenvalue weighted by atomic mass is 32.2. The fraction of sp³-hybridized carbons (Fsp3) is 0.556. The van der Waals surface area contributed by atoms with Gasteiger partial charge in [0.1, 0.15) is 0 Å². The lowest BCUT2D eigenvalue weighted by molar-refractivity contribution is -0.108. The molecule has 9 heteroatoms. The zero-order chi connectivity index (χ0) is 20.2. The van der Waals surface area contributed by atoms with Crippen molar-refractivity contribution in [2.75, 3.05) is 14.2 Å². The Morgan fingerprint density at radius 1 is 1.33 bits per heavy atom. The van der Waals surface area contributed by atoms with E-state index in [-0.39, 0.29) is 18.1 Å². The van der Waals surface area contributed by atoms with Gasteiger partial charge in [0.05, 0.1) is 12.1 Å². The maximum atomic E-state index is 10.8. The molecule has 150 valence electrons. The number of hydrogen-bond donors (Lipinski definition) is 2. The first kappa shape index (κ1) is 22.8. The first-order valence-electron chi connectivity index (χ1n) is 8.74. The van der Waals surface area contributed by atoms with E-state index in [1.807, 2.05) is 23.5 Å². The van der Waals surface area contributed by atoms with E-state index in [1.165, 1.54) is 12.6 Å². The van der Waals surface area contributed by atoms with Crippen LogP contribution in [0, 0.1) is 5.92 Å². The molecule has 0 bridgehead atoms. The smallest absolute Gasteiger partial charge is 0.320 e. The zero-order valence-electron chi connectivity index (χ0n) is 15.8. The zero-order valence-corrected chi connectivity index (χ0v) is 16.6. The van der Waals surface area contributed by atoms with E-state index in [1.54, 1.807) is 7.11 Å². The minimum atomic E-state index is -2.31. The summed E-state index contributed by atoms with van der Waals surface area (Å²) in [6.07, 6.45) is 3.62. The van der Waals surface area contributed by atoms with Gasteiger partial charge in [-0.05, 0) is 31.2 Å². The molecule has 0 heterocycles. The third-order valence-corrected chi connectivity index (χ3v) is 4.90. The summed E-state index contributed by atoms with van der Waals surface area (Å²) in [5.41, 5.74) is 1.19. The minimum Gasteiger partial charge on any atom is -0.382 e. The lowest BCUT2D eigenvalue weighted by atomic mass is 10.1. The second kappa shape index (κ2) is 12.2. The molecule has 1 aliphatic carbocycles. The van der Waals surface area contributed by atoms with Crippen molar-refractivity contribution >= 4 is 22.9 Å². The van der Waals surface area contributed by atoms with Crippen LogP contribution in [-0.2, 0) is 20.0 Å². The largest absolute Gasteiger partial charge is 0.382 e. The molecule has 0 aliphatic heterocycles. The topological polar surface area (TPSA) is 114 Å². The van der Waals surface area contributed by atoms with Gasteiger partial charge in [-0.1, -0.05) is 36.8 Å². The molecule has 0 spiro atoms. The predicted octanol–water partition coefficient (Wildman–Crippen LogP) is 2.11. The lowest BCUT2D eigenvalue weighted by Crippen LogP contribution is -2.31. The normalized spacial score (nSPS) is 21.1. The molecule has 0 aromatic heterocycles. The Morgan fingerprint density at radius 2 is 2.00 bits per heavy atom. The number of hydrogen-bond acceptors (Lipinski definition) is 6. The number of rotatable bonds is 8. The molecule has 1 aromatic rings. The molecule has 4 unspecified atom stereocenters. The van der Waals surface area contributed by atoms with E-state index in [0.717, 1.165) is 19.3 Å². The predicted molar refractivity (Wildman–Crippen MR) is 102 cm³/mol. The van der Waals surface area contributed by atoms with Crippen LogP contribution in [0.2, 0.25) is 0 Å². The Morgan fingerprint density at radius 3 is 2.48 bits per heavy atom. The Kier molecular flexibility index (Phi) is 10.3. The van der Waals surface area contributed by atoms with Gasteiger partial charge >= 0.3 is 16.5 Å². The van der Waals surface area contributed by atoms with Gasteiger partial charge in [-0.3, -0.25) is 10.1 Å². The van der Waals surface area contributed by atoms with Crippen LogP contribution in [0.25, 0.3) is 0 Å². The summed E-state index contributed by atoms with van der Waals surface area (Å²) in [4.78, 5) is 19.4. The van der Waals surface area contributed by atoms with Gasteiger partial charge in [-0.2, -0.15) is 12.8 Å². The molecule has 3 amide bonds. The molecule has 0 saturated heterocycles. The van der Waals surface area contributed by atoms with E-state index in [0.29, 0.717) is 12.3 Å². The van der Waals surface area contributed by atoms with Gasteiger partial charge in [0.25, 0.3) is 0 Å². The van der Waals surface area contributed by atoms with Gasteiger partial charge in [-0.25, -0.2) is 4.79 Å². The van der Waals surface area contributed by atoms with Crippen molar-refractivity contribution in [2.45, 2.75) is 44.2 Å². The van der Waals surface area contributed by atoms with Crippen molar-refractivity contribution < 1.29 is 22.7 Å². The first-order valence-corrected chi connectivity index (χ1v) is 9.77. The lowest BCUT2D eigenvalue weighted by Gasteiger charge is -2.08. The van der Waals surface area contributed by atoms with Crippen LogP contribution in [-0.4, -0.2) is 47.2 Å². The van der Waals surface area contributed by atoms with Crippen LogP contribution in [0.5, 0.6) is 0 Å². The van der Waals surface area contributed by atoms with E-state index in [2.05, 4.69) is 28.7 Å². The van der Waals surface area contributed by atoms with E-state index in [9.17, 15) is 18.0 Å². The summed E-state index contributed by atoms with van der Waals surface area (Å²) in [5, 5.41) is 4.05. The summed E-state index contributed by atoms with van der Waals surface area (Å²) in [6, 6.07) is 9.49. The number of urea groups is 1. The summed E-state index contributed by atoms with van der Waals surface area (Å²) < 4.78 is 30.7. The van der Waals surface area contributed by atoms with Crippen molar-refractivity contribution in [3.63, 3.8) is 0 Å². The number of benzene rings is 1. The first-order chi connectivity index (χ1) is 12.9. The average Bonchev–Trinajstić information content (AvgIpc) is 3.34. The van der Waals surface area contributed by atoms with Crippen molar-refractivity contribution in [1.82, 2.24) is 10.6 Å². The van der Waals surface area contributed by atoms with Crippen LogP contribution in [0.3, 0.4) is 0 Å². The molecule has 4 atom stereocenters. The molecule has 2 N–H and O–H groups in total. The Balaban J connectivity index is 0.000000445. The van der Waals surface area contributed by atoms with Crippen LogP contribution in [0.4, 0.5) is 4.79 Å². The highest BCUT2D eigenvalue weighted by molar-refractivity contribution is 7.61. The van der Waals surface area contributed by atoms with Gasteiger partial charge in [0.15, 0.2) is 0 Å². The summed E-state index contributed by atoms with van der Waals surface area (Å²) in [6.45, 7) is 2.05. The van der Waals surface area contributed by atoms with Crippen LogP contribution in [0.1, 0.15) is 37.7 Å². The number of amides is 3. The number of nitrogens with one attached hydrogen (secondary N) is 2. The second-order valence-corrected chi connectivity index (χ2v) is 6.88. The number of carbonyl (C=O) groups excluding carboxylic acids is 2. The van der Waals surface area contributed by atoms with Gasteiger partial charge in [-0.15, -0.1) is 0 Å². The van der Waals surface area contributed by atoms with Crippen LogP contribution < -0.4 is 10.6 Å². The van der Waals surface area contributed by atoms with Gasteiger partial charge in [0.2, 0.25) is 6.41 Å².